The lowest BCUT2D eigenvalue weighted by Crippen LogP contribution is -2.38. The van der Waals surface area contributed by atoms with E-state index >= 15 is 0 Å². The van der Waals surface area contributed by atoms with Crippen LogP contribution in [-0.2, 0) is 0 Å². The van der Waals surface area contributed by atoms with E-state index in [1.165, 1.54) is 9.80 Å². The Bertz CT molecular complexity index is 1610. The largest absolute Gasteiger partial charge is 0.871 e. The molecular formula is C35H31N3O3. The van der Waals surface area contributed by atoms with Crippen molar-refractivity contribution in [3.05, 3.63) is 126 Å². The number of rotatable bonds is 6. The molecule has 0 unspecified atom stereocenters. The molecule has 41 heavy (non-hydrogen) atoms. The van der Waals surface area contributed by atoms with Gasteiger partial charge in [-0.1, -0.05) is 72.5 Å². The zero-order valence-electron chi connectivity index (χ0n) is 23.5. The fraction of sp³-hybridized carbons (Fsp3) is 0.114. The third kappa shape index (κ3) is 5.45. The van der Waals surface area contributed by atoms with E-state index in [1.807, 2.05) is 83.4 Å². The van der Waals surface area contributed by atoms with Crippen molar-refractivity contribution in [1.29, 1.82) is 0 Å². The van der Waals surface area contributed by atoms with E-state index in [2.05, 4.69) is 24.3 Å². The Balaban J connectivity index is 1.93. The van der Waals surface area contributed by atoms with Crippen molar-refractivity contribution in [2.24, 2.45) is 0 Å². The fourth-order valence-electron chi connectivity index (χ4n) is 4.86. The zero-order valence-corrected chi connectivity index (χ0v) is 23.5. The number of nitrogens with zero attached hydrogens (tertiary/aromatic N) is 3. The summed E-state index contributed by atoms with van der Waals surface area (Å²) in [5, 5.41) is 13.5. The first-order valence-corrected chi connectivity index (χ1v) is 13.3. The summed E-state index contributed by atoms with van der Waals surface area (Å²) in [6.45, 7) is 0. The third-order valence-corrected chi connectivity index (χ3v) is 6.92. The molecule has 4 aromatic carbocycles. The molecule has 0 radical (unpaired) electrons. The number of amides is 2. The summed E-state index contributed by atoms with van der Waals surface area (Å²) in [7, 11) is 6.37. The van der Waals surface area contributed by atoms with E-state index in [-0.39, 0.29) is 11.1 Å². The molecule has 2 amide bonds. The standard InChI is InChI=1S/C35H31N3O3/c1-36(2)34(40)29-22-28(23-30(33(29)39)35(41)37(3)4)38-31(25-16-10-6-11-17-25)20-27(24-14-8-5-9-15-24)21-32(38)26-18-12-7-13-19-26/h5-23H,1-4H3. The summed E-state index contributed by atoms with van der Waals surface area (Å²) in [6.07, 6.45) is 0. The molecule has 0 bridgehead atoms. The van der Waals surface area contributed by atoms with Gasteiger partial charge in [0.05, 0.1) is 0 Å². The van der Waals surface area contributed by atoms with Gasteiger partial charge in [-0.05, 0) is 35.4 Å². The highest BCUT2D eigenvalue weighted by atomic mass is 16.3. The molecule has 0 saturated carbocycles. The molecule has 0 saturated heterocycles. The molecule has 0 N–H and O–H groups in total. The monoisotopic (exact) mass is 541 g/mol. The van der Waals surface area contributed by atoms with Crippen LogP contribution in [0.5, 0.6) is 5.75 Å². The molecule has 6 nitrogen and oxygen atoms in total. The Morgan fingerprint density at radius 1 is 0.537 bits per heavy atom. The van der Waals surface area contributed by atoms with Crippen LogP contribution < -0.4 is 9.67 Å². The minimum atomic E-state index is -0.588. The molecule has 0 aliphatic heterocycles. The van der Waals surface area contributed by atoms with Crippen molar-refractivity contribution in [3.63, 3.8) is 0 Å². The van der Waals surface area contributed by atoms with Gasteiger partial charge in [-0.25, -0.2) is 0 Å². The maximum Gasteiger partial charge on any atom is 0.252 e. The Kier molecular flexibility index (Phi) is 7.66. The third-order valence-electron chi connectivity index (χ3n) is 6.92. The Morgan fingerprint density at radius 3 is 1.27 bits per heavy atom. The van der Waals surface area contributed by atoms with Crippen molar-refractivity contribution in [1.82, 2.24) is 9.80 Å². The van der Waals surface area contributed by atoms with Gasteiger partial charge < -0.3 is 14.9 Å². The highest BCUT2D eigenvalue weighted by Gasteiger charge is 2.28. The van der Waals surface area contributed by atoms with Crippen LogP contribution >= 0.6 is 0 Å². The first kappa shape index (κ1) is 27.3. The smallest absolute Gasteiger partial charge is 0.252 e. The zero-order chi connectivity index (χ0) is 29.1. The number of carbonyl (C=O) groups is 2. The lowest BCUT2D eigenvalue weighted by molar-refractivity contribution is -0.572. The minimum Gasteiger partial charge on any atom is -0.871 e. The van der Waals surface area contributed by atoms with E-state index < -0.39 is 17.6 Å². The van der Waals surface area contributed by atoms with Gasteiger partial charge in [0, 0.05) is 74.7 Å². The molecule has 1 aromatic heterocycles. The first-order chi connectivity index (χ1) is 19.8. The van der Waals surface area contributed by atoms with E-state index in [0.29, 0.717) is 5.69 Å². The van der Waals surface area contributed by atoms with Gasteiger partial charge in [-0.3, -0.25) is 9.59 Å². The second-order valence-electron chi connectivity index (χ2n) is 10.2. The average molecular weight is 542 g/mol. The lowest BCUT2D eigenvalue weighted by Gasteiger charge is -2.23. The SMILES string of the molecule is CN(C)C(=O)c1cc(-[n+]2c(-c3ccccc3)cc(-c3ccccc3)cc2-c2ccccc2)cc(C(=O)N(C)C)c1[O-]. The quantitative estimate of drug-likeness (QED) is 0.269. The van der Waals surface area contributed by atoms with Crippen molar-refractivity contribution in [2.45, 2.75) is 0 Å². The van der Waals surface area contributed by atoms with Crippen LogP contribution in [-0.4, -0.2) is 49.8 Å². The summed E-state index contributed by atoms with van der Waals surface area (Å²) in [4.78, 5) is 29.2. The Hall–Kier alpha value is -5.23. The molecule has 0 atom stereocenters. The van der Waals surface area contributed by atoms with Gasteiger partial charge >= 0.3 is 0 Å². The van der Waals surface area contributed by atoms with Crippen molar-refractivity contribution in [2.75, 3.05) is 28.2 Å². The maximum absolute atomic E-state index is 13.5. The van der Waals surface area contributed by atoms with Gasteiger partial charge in [0.15, 0.2) is 0 Å². The van der Waals surface area contributed by atoms with Crippen LogP contribution in [0.15, 0.2) is 115 Å². The molecular weight excluding hydrogens is 510 g/mol. The summed E-state index contributed by atoms with van der Waals surface area (Å²) in [5.74, 6) is -1.52. The van der Waals surface area contributed by atoms with Gasteiger partial charge in [0.25, 0.3) is 11.8 Å². The number of hydrogen-bond acceptors (Lipinski definition) is 3. The van der Waals surface area contributed by atoms with Crippen molar-refractivity contribution in [3.8, 4) is 45.1 Å². The second-order valence-corrected chi connectivity index (χ2v) is 10.2. The van der Waals surface area contributed by atoms with E-state index in [1.54, 1.807) is 40.3 Å². The molecule has 0 spiro atoms. The van der Waals surface area contributed by atoms with Crippen LogP contribution in [0, 0.1) is 0 Å². The molecule has 0 fully saturated rings. The summed E-state index contributed by atoms with van der Waals surface area (Å²) in [5.41, 5.74) is 6.05. The molecule has 0 aliphatic carbocycles. The highest BCUT2D eigenvalue weighted by molar-refractivity contribution is 6.04. The molecule has 5 rings (SSSR count). The highest BCUT2D eigenvalue weighted by Crippen LogP contribution is 2.32. The van der Waals surface area contributed by atoms with E-state index in [4.69, 9.17) is 0 Å². The first-order valence-electron chi connectivity index (χ1n) is 13.3. The summed E-state index contributed by atoms with van der Waals surface area (Å²) in [6, 6.07) is 37.4. The molecule has 5 aromatic rings. The molecule has 6 heteroatoms. The van der Waals surface area contributed by atoms with Crippen LogP contribution in [0.1, 0.15) is 20.7 Å². The van der Waals surface area contributed by atoms with Crippen LogP contribution in [0.3, 0.4) is 0 Å². The van der Waals surface area contributed by atoms with Gasteiger partial charge in [0.2, 0.25) is 17.1 Å². The molecule has 1 heterocycles. The van der Waals surface area contributed by atoms with Crippen LogP contribution in [0.25, 0.3) is 39.3 Å². The predicted octanol–water partition coefficient (Wildman–Crippen LogP) is 5.44. The minimum absolute atomic E-state index is 0.0599. The predicted molar refractivity (Wildman–Crippen MR) is 160 cm³/mol. The molecule has 0 aliphatic rings. The maximum atomic E-state index is 13.5. The lowest BCUT2D eigenvalue weighted by atomic mass is 9.97. The topological polar surface area (TPSA) is 67.6 Å². The molecule has 204 valence electrons. The van der Waals surface area contributed by atoms with Crippen molar-refractivity contribution < 1.29 is 19.3 Å². The number of carbonyl (C=O) groups excluding carboxylic acids is 2. The Labute approximate surface area is 240 Å². The summed E-state index contributed by atoms with van der Waals surface area (Å²) >= 11 is 0. The number of aromatic nitrogens is 1. The van der Waals surface area contributed by atoms with Gasteiger partial charge in [-0.2, -0.15) is 4.57 Å². The number of pyridine rings is 1. The van der Waals surface area contributed by atoms with Gasteiger partial charge in [-0.15, -0.1) is 0 Å². The van der Waals surface area contributed by atoms with Crippen LogP contribution in [0.4, 0.5) is 0 Å². The fourth-order valence-corrected chi connectivity index (χ4v) is 4.86. The van der Waals surface area contributed by atoms with Crippen LogP contribution in [0.2, 0.25) is 0 Å². The normalized spacial score (nSPS) is 10.7. The number of benzene rings is 4. The van der Waals surface area contributed by atoms with Crippen molar-refractivity contribution >= 4 is 11.8 Å². The number of hydrogen-bond donors (Lipinski definition) is 0. The van der Waals surface area contributed by atoms with E-state index in [9.17, 15) is 14.7 Å². The average Bonchev–Trinajstić information content (AvgIpc) is 3.01. The van der Waals surface area contributed by atoms with Gasteiger partial charge in [0.1, 0.15) is 0 Å². The summed E-state index contributed by atoms with van der Waals surface area (Å²) < 4.78 is 2.02. The van der Waals surface area contributed by atoms with E-state index in [0.717, 1.165) is 33.6 Å². The Morgan fingerprint density at radius 2 is 0.902 bits per heavy atom. The second kappa shape index (κ2) is 11.5.